The van der Waals surface area contributed by atoms with E-state index in [1.165, 1.54) is 12.1 Å². The molecule has 0 fully saturated rings. The molecule has 0 aromatic heterocycles. The Morgan fingerprint density at radius 1 is 1.12 bits per heavy atom. The zero-order valence-electron chi connectivity index (χ0n) is 15.3. The number of aryl methyl sites for hydroxylation is 2. The molecule has 1 atom stereocenters. The van der Waals surface area contributed by atoms with Crippen LogP contribution in [0.2, 0.25) is 0 Å². The molecule has 0 unspecified atom stereocenters. The Labute approximate surface area is 153 Å². The Balaban J connectivity index is 2.18. The molecule has 2 aromatic rings. The third-order valence-corrected chi connectivity index (χ3v) is 5.07. The number of rotatable bonds is 6. The fraction of sp³-hybridized carbons (Fsp3) is 0.316. The number of benzene rings is 2. The van der Waals surface area contributed by atoms with E-state index in [0.717, 1.165) is 27.3 Å². The number of hydrogen-bond acceptors (Lipinski definition) is 3. The van der Waals surface area contributed by atoms with Crippen molar-refractivity contribution in [3.05, 3.63) is 65.0 Å². The van der Waals surface area contributed by atoms with Gasteiger partial charge in [0.25, 0.3) is 0 Å². The second-order valence-corrected chi connectivity index (χ2v) is 8.36. The molecule has 0 aliphatic heterocycles. The minimum Gasteiger partial charge on any atom is -0.348 e. The number of carbonyl (C=O) groups is 1. The SMILES string of the molecule is Cc1cc(C)cc(N(CC(=O)N[C@H](C)c2ccc(F)cc2)S(C)(=O)=O)c1. The number of anilines is 1. The van der Waals surface area contributed by atoms with Gasteiger partial charge in [0.05, 0.1) is 18.0 Å². The maximum absolute atomic E-state index is 13.0. The van der Waals surface area contributed by atoms with Gasteiger partial charge in [-0.1, -0.05) is 18.2 Å². The number of nitrogens with one attached hydrogen (secondary N) is 1. The van der Waals surface area contributed by atoms with Crippen LogP contribution in [0, 0.1) is 19.7 Å². The molecule has 26 heavy (non-hydrogen) atoms. The summed E-state index contributed by atoms with van der Waals surface area (Å²) in [4.78, 5) is 12.4. The first-order valence-corrected chi connectivity index (χ1v) is 10.0. The monoisotopic (exact) mass is 378 g/mol. The Bertz CT molecular complexity index is 875. The van der Waals surface area contributed by atoms with Crippen molar-refractivity contribution in [2.45, 2.75) is 26.8 Å². The summed E-state index contributed by atoms with van der Waals surface area (Å²) >= 11 is 0. The van der Waals surface area contributed by atoms with Gasteiger partial charge >= 0.3 is 0 Å². The van der Waals surface area contributed by atoms with Crippen LogP contribution in [0.25, 0.3) is 0 Å². The molecule has 0 aliphatic rings. The molecule has 0 bridgehead atoms. The molecule has 0 saturated carbocycles. The highest BCUT2D eigenvalue weighted by Gasteiger charge is 2.22. The van der Waals surface area contributed by atoms with E-state index in [1.807, 2.05) is 19.9 Å². The van der Waals surface area contributed by atoms with Gasteiger partial charge in [-0.25, -0.2) is 12.8 Å². The second kappa shape index (κ2) is 7.86. The average Bonchev–Trinajstić information content (AvgIpc) is 2.51. The number of sulfonamides is 1. The summed E-state index contributed by atoms with van der Waals surface area (Å²) in [5.74, 6) is -0.795. The van der Waals surface area contributed by atoms with Crippen LogP contribution in [0.4, 0.5) is 10.1 Å². The van der Waals surface area contributed by atoms with Crippen LogP contribution in [-0.2, 0) is 14.8 Å². The van der Waals surface area contributed by atoms with Gasteiger partial charge in [0.1, 0.15) is 12.4 Å². The molecule has 0 aliphatic carbocycles. The van der Waals surface area contributed by atoms with Gasteiger partial charge < -0.3 is 5.32 Å². The maximum atomic E-state index is 13.0. The molecular weight excluding hydrogens is 355 g/mol. The van der Waals surface area contributed by atoms with E-state index in [4.69, 9.17) is 0 Å². The van der Waals surface area contributed by atoms with E-state index in [1.54, 1.807) is 31.2 Å². The molecule has 1 amide bonds. The van der Waals surface area contributed by atoms with Crippen LogP contribution in [-0.4, -0.2) is 27.1 Å². The van der Waals surface area contributed by atoms with Crippen LogP contribution in [0.5, 0.6) is 0 Å². The van der Waals surface area contributed by atoms with Gasteiger partial charge in [0.15, 0.2) is 0 Å². The highest BCUT2D eigenvalue weighted by Crippen LogP contribution is 2.21. The normalized spacial score (nSPS) is 12.5. The van der Waals surface area contributed by atoms with E-state index in [2.05, 4.69) is 5.32 Å². The molecule has 2 rings (SSSR count). The highest BCUT2D eigenvalue weighted by molar-refractivity contribution is 7.92. The number of nitrogens with zero attached hydrogens (tertiary/aromatic N) is 1. The smallest absolute Gasteiger partial charge is 0.241 e. The van der Waals surface area contributed by atoms with E-state index in [-0.39, 0.29) is 18.4 Å². The standard InChI is InChI=1S/C19H23FN2O3S/c1-13-9-14(2)11-18(10-13)22(26(4,24)25)12-19(23)21-15(3)16-5-7-17(20)8-6-16/h5-11,15H,12H2,1-4H3,(H,21,23)/t15-/m1/s1. The van der Waals surface area contributed by atoms with Crippen LogP contribution >= 0.6 is 0 Å². The van der Waals surface area contributed by atoms with Crippen LogP contribution < -0.4 is 9.62 Å². The summed E-state index contributed by atoms with van der Waals surface area (Å²) in [6, 6.07) is 10.8. The van der Waals surface area contributed by atoms with E-state index in [0.29, 0.717) is 5.69 Å². The number of carbonyl (C=O) groups excluding carboxylic acids is 1. The Morgan fingerprint density at radius 2 is 1.65 bits per heavy atom. The Morgan fingerprint density at radius 3 is 2.15 bits per heavy atom. The first-order chi connectivity index (χ1) is 12.1. The van der Waals surface area contributed by atoms with Crippen molar-refractivity contribution in [1.29, 1.82) is 0 Å². The van der Waals surface area contributed by atoms with Crippen LogP contribution in [0.1, 0.15) is 29.7 Å². The number of amides is 1. The van der Waals surface area contributed by atoms with Crippen molar-refractivity contribution >= 4 is 21.6 Å². The van der Waals surface area contributed by atoms with Crippen molar-refractivity contribution in [2.75, 3.05) is 17.1 Å². The zero-order valence-corrected chi connectivity index (χ0v) is 16.1. The molecule has 140 valence electrons. The summed E-state index contributed by atoms with van der Waals surface area (Å²) in [7, 11) is -3.63. The van der Waals surface area contributed by atoms with Gasteiger partial charge in [-0.2, -0.15) is 0 Å². The van der Waals surface area contributed by atoms with Crippen molar-refractivity contribution in [3.8, 4) is 0 Å². The van der Waals surface area contributed by atoms with Crippen molar-refractivity contribution < 1.29 is 17.6 Å². The fourth-order valence-electron chi connectivity index (χ4n) is 2.75. The largest absolute Gasteiger partial charge is 0.348 e. The molecule has 0 heterocycles. The zero-order chi connectivity index (χ0) is 19.5. The second-order valence-electron chi connectivity index (χ2n) is 6.46. The molecule has 2 aromatic carbocycles. The third-order valence-electron chi connectivity index (χ3n) is 3.93. The van der Waals surface area contributed by atoms with Crippen LogP contribution in [0.15, 0.2) is 42.5 Å². The summed E-state index contributed by atoms with van der Waals surface area (Å²) in [5.41, 5.74) is 3.01. The summed E-state index contributed by atoms with van der Waals surface area (Å²) in [5, 5.41) is 2.75. The molecule has 1 N–H and O–H groups in total. The average molecular weight is 378 g/mol. The molecule has 7 heteroatoms. The summed E-state index contributed by atoms with van der Waals surface area (Å²) < 4.78 is 38.5. The minimum atomic E-state index is -3.63. The maximum Gasteiger partial charge on any atom is 0.241 e. The predicted octanol–water partition coefficient (Wildman–Crippen LogP) is 3.09. The number of halogens is 1. The van der Waals surface area contributed by atoms with Gasteiger partial charge in [0.2, 0.25) is 15.9 Å². The lowest BCUT2D eigenvalue weighted by Gasteiger charge is -2.24. The van der Waals surface area contributed by atoms with E-state index >= 15 is 0 Å². The Hall–Kier alpha value is -2.41. The fourth-order valence-corrected chi connectivity index (χ4v) is 3.59. The number of hydrogen-bond donors (Lipinski definition) is 1. The van der Waals surface area contributed by atoms with Crippen LogP contribution in [0.3, 0.4) is 0 Å². The van der Waals surface area contributed by atoms with E-state index in [9.17, 15) is 17.6 Å². The van der Waals surface area contributed by atoms with Crippen molar-refractivity contribution in [1.82, 2.24) is 5.32 Å². The predicted molar refractivity (Wildman–Crippen MR) is 101 cm³/mol. The molecule has 5 nitrogen and oxygen atoms in total. The van der Waals surface area contributed by atoms with E-state index < -0.39 is 15.9 Å². The molecule has 0 saturated heterocycles. The summed E-state index contributed by atoms with van der Waals surface area (Å²) in [6.45, 7) is 5.17. The van der Waals surface area contributed by atoms with Crippen molar-refractivity contribution in [3.63, 3.8) is 0 Å². The minimum absolute atomic E-state index is 0.326. The lowest BCUT2D eigenvalue weighted by atomic mass is 10.1. The highest BCUT2D eigenvalue weighted by atomic mass is 32.2. The van der Waals surface area contributed by atoms with Gasteiger partial charge in [0, 0.05) is 0 Å². The molecule has 0 radical (unpaired) electrons. The lowest BCUT2D eigenvalue weighted by molar-refractivity contribution is -0.120. The third kappa shape index (κ3) is 5.29. The topological polar surface area (TPSA) is 66.5 Å². The first kappa shape index (κ1) is 19.9. The molecule has 0 spiro atoms. The quantitative estimate of drug-likeness (QED) is 0.840. The van der Waals surface area contributed by atoms with Gasteiger partial charge in [-0.3, -0.25) is 9.10 Å². The van der Waals surface area contributed by atoms with Gasteiger partial charge in [-0.15, -0.1) is 0 Å². The Kier molecular flexibility index (Phi) is 6.02. The molecular formula is C19H23FN2O3S. The van der Waals surface area contributed by atoms with Crippen molar-refractivity contribution in [2.24, 2.45) is 0 Å². The summed E-state index contributed by atoms with van der Waals surface area (Å²) in [6.07, 6.45) is 1.07. The van der Waals surface area contributed by atoms with Gasteiger partial charge in [-0.05, 0) is 61.7 Å². The first-order valence-electron chi connectivity index (χ1n) is 8.17. The lowest BCUT2D eigenvalue weighted by Crippen LogP contribution is -2.41.